The second-order valence-corrected chi connectivity index (χ2v) is 4.51. The topological polar surface area (TPSA) is 66.5 Å². The number of anilines is 2. The normalized spacial score (nSPS) is 11.0. The van der Waals surface area contributed by atoms with Gasteiger partial charge in [-0.05, 0) is 24.3 Å². The molecule has 0 unspecified atom stereocenters. The molecule has 0 aliphatic carbocycles. The molecule has 0 amide bonds. The number of fused-ring (bicyclic) bond motifs is 2. The number of nitrogens with one attached hydrogen (secondary N) is 2. The number of nitrogens with zero attached hydrogens (tertiary/aromatic N) is 3. The van der Waals surface area contributed by atoms with E-state index in [0.29, 0.717) is 5.95 Å². The minimum absolute atomic E-state index is 0.586. The lowest BCUT2D eigenvalue weighted by Gasteiger charge is -2.05. The third kappa shape index (κ3) is 1.85. The van der Waals surface area contributed by atoms with Crippen molar-refractivity contribution in [3.63, 3.8) is 0 Å². The van der Waals surface area contributed by atoms with Gasteiger partial charge in [0.15, 0.2) is 0 Å². The lowest BCUT2D eigenvalue weighted by atomic mass is 10.2. The first-order chi connectivity index (χ1) is 9.88. The smallest absolute Gasteiger partial charge is 0.227 e. The molecule has 0 bridgehead atoms. The average Bonchev–Trinajstić information content (AvgIpc) is 2.95. The van der Waals surface area contributed by atoms with E-state index in [2.05, 4.69) is 25.3 Å². The molecule has 5 nitrogen and oxygen atoms in total. The average molecular weight is 261 g/mol. The maximum Gasteiger partial charge on any atom is 0.227 e. The molecule has 0 aliphatic rings. The zero-order valence-electron chi connectivity index (χ0n) is 10.5. The van der Waals surface area contributed by atoms with Gasteiger partial charge in [0.1, 0.15) is 0 Å². The van der Waals surface area contributed by atoms with E-state index in [9.17, 15) is 0 Å². The van der Waals surface area contributed by atoms with Crippen LogP contribution in [0.1, 0.15) is 0 Å². The van der Waals surface area contributed by atoms with E-state index < -0.39 is 0 Å². The molecule has 5 heteroatoms. The fraction of sp³-hybridized carbons (Fsp3) is 0. The number of rotatable bonds is 2. The van der Waals surface area contributed by atoms with Crippen LogP contribution in [0.2, 0.25) is 0 Å². The minimum atomic E-state index is 0.586. The van der Waals surface area contributed by atoms with Gasteiger partial charge < -0.3 is 10.3 Å². The van der Waals surface area contributed by atoms with Gasteiger partial charge in [-0.25, -0.2) is 15.0 Å². The van der Waals surface area contributed by atoms with Crippen molar-refractivity contribution in [1.82, 2.24) is 19.9 Å². The molecular formula is C15H11N5. The molecule has 4 rings (SSSR count). The number of aromatic amines is 1. The Hall–Kier alpha value is -2.95. The number of aromatic nitrogens is 4. The Morgan fingerprint density at radius 2 is 1.90 bits per heavy atom. The second-order valence-electron chi connectivity index (χ2n) is 4.51. The first-order valence-electron chi connectivity index (χ1n) is 6.30. The first-order valence-corrected chi connectivity index (χ1v) is 6.30. The lowest BCUT2D eigenvalue weighted by molar-refractivity contribution is 1.21. The van der Waals surface area contributed by atoms with Crippen molar-refractivity contribution in [3.05, 3.63) is 55.0 Å². The molecule has 0 atom stereocenters. The van der Waals surface area contributed by atoms with Crippen LogP contribution in [0.4, 0.5) is 11.6 Å². The summed E-state index contributed by atoms with van der Waals surface area (Å²) >= 11 is 0. The van der Waals surface area contributed by atoms with E-state index in [1.54, 1.807) is 6.33 Å². The molecule has 0 saturated carbocycles. The van der Waals surface area contributed by atoms with Crippen LogP contribution in [0.25, 0.3) is 21.9 Å². The van der Waals surface area contributed by atoms with Crippen LogP contribution < -0.4 is 5.32 Å². The summed E-state index contributed by atoms with van der Waals surface area (Å²) in [6, 6.07) is 13.8. The summed E-state index contributed by atoms with van der Waals surface area (Å²) in [5.41, 5.74) is 3.77. The Morgan fingerprint density at radius 3 is 2.90 bits per heavy atom. The van der Waals surface area contributed by atoms with Crippen molar-refractivity contribution >= 4 is 33.6 Å². The number of hydrogen-bond acceptors (Lipinski definition) is 4. The summed E-state index contributed by atoms with van der Waals surface area (Å²) in [6.45, 7) is 0. The highest BCUT2D eigenvalue weighted by atomic mass is 15.1. The molecule has 2 aromatic carbocycles. The maximum absolute atomic E-state index is 4.49. The predicted octanol–water partition coefficient (Wildman–Crippen LogP) is 3.25. The Balaban J connectivity index is 1.72. The van der Waals surface area contributed by atoms with Gasteiger partial charge >= 0.3 is 0 Å². The first kappa shape index (κ1) is 10.9. The fourth-order valence-electron chi connectivity index (χ4n) is 2.17. The van der Waals surface area contributed by atoms with Crippen molar-refractivity contribution in [2.75, 3.05) is 5.32 Å². The third-order valence-electron chi connectivity index (χ3n) is 3.17. The molecular weight excluding hydrogens is 250 g/mol. The van der Waals surface area contributed by atoms with Crippen molar-refractivity contribution < 1.29 is 0 Å². The number of para-hydroxylation sites is 1. The van der Waals surface area contributed by atoms with Crippen molar-refractivity contribution in [2.45, 2.75) is 0 Å². The Labute approximate surface area is 114 Å². The molecule has 20 heavy (non-hydrogen) atoms. The third-order valence-corrected chi connectivity index (χ3v) is 3.17. The van der Waals surface area contributed by atoms with Gasteiger partial charge in [-0.1, -0.05) is 18.2 Å². The van der Waals surface area contributed by atoms with Gasteiger partial charge in [0, 0.05) is 17.3 Å². The number of imidazole rings is 1. The molecule has 96 valence electrons. The summed E-state index contributed by atoms with van der Waals surface area (Å²) in [4.78, 5) is 16.1. The molecule has 2 heterocycles. The van der Waals surface area contributed by atoms with Gasteiger partial charge in [0.05, 0.1) is 22.9 Å². The highest BCUT2D eigenvalue weighted by Crippen LogP contribution is 2.19. The van der Waals surface area contributed by atoms with E-state index in [1.165, 1.54) is 0 Å². The van der Waals surface area contributed by atoms with E-state index in [0.717, 1.165) is 27.6 Å². The number of H-pyrrole nitrogens is 1. The van der Waals surface area contributed by atoms with Gasteiger partial charge in [-0.3, -0.25) is 0 Å². The zero-order valence-corrected chi connectivity index (χ0v) is 10.5. The zero-order chi connectivity index (χ0) is 13.4. The molecule has 0 saturated heterocycles. The van der Waals surface area contributed by atoms with Crippen LogP contribution in [-0.4, -0.2) is 19.9 Å². The van der Waals surface area contributed by atoms with Crippen molar-refractivity contribution in [1.29, 1.82) is 0 Å². The van der Waals surface area contributed by atoms with Crippen molar-refractivity contribution in [3.8, 4) is 0 Å². The van der Waals surface area contributed by atoms with Crippen LogP contribution in [0, 0.1) is 0 Å². The Morgan fingerprint density at radius 1 is 0.950 bits per heavy atom. The van der Waals surface area contributed by atoms with E-state index in [4.69, 9.17) is 0 Å². The summed E-state index contributed by atoms with van der Waals surface area (Å²) in [5.74, 6) is 0.586. The van der Waals surface area contributed by atoms with Crippen LogP contribution in [-0.2, 0) is 0 Å². The number of benzene rings is 2. The summed E-state index contributed by atoms with van der Waals surface area (Å²) in [6.07, 6.45) is 3.50. The predicted molar refractivity (Wildman–Crippen MR) is 78.9 cm³/mol. The van der Waals surface area contributed by atoms with Crippen molar-refractivity contribution in [2.24, 2.45) is 0 Å². The molecule has 2 aromatic heterocycles. The highest BCUT2D eigenvalue weighted by molar-refractivity contribution is 5.81. The van der Waals surface area contributed by atoms with Gasteiger partial charge in [0.2, 0.25) is 5.95 Å². The lowest BCUT2D eigenvalue weighted by Crippen LogP contribution is -1.96. The largest absolute Gasteiger partial charge is 0.345 e. The van der Waals surface area contributed by atoms with Gasteiger partial charge in [0.25, 0.3) is 0 Å². The molecule has 4 aromatic rings. The molecule has 0 fully saturated rings. The molecule has 0 radical (unpaired) electrons. The standard InChI is InChI=1S/C15H11N5/c1-2-4-12-10(3-1)8-16-15(20-12)19-11-5-6-13-14(7-11)18-9-17-13/h1-9H,(H,17,18)(H,16,19,20). The molecule has 0 aliphatic heterocycles. The maximum atomic E-state index is 4.49. The van der Waals surface area contributed by atoms with E-state index >= 15 is 0 Å². The fourth-order valence-corrected chi connectivity index (χ4v) is 2.17. The van der Waals surface area contributed by atoms with Crippen LogP contribution >= 0.6 is 0 Å². The SMILES string of the molecule is c1ccc2nc(Nc3ccc4nc[nH]c4c3)ncc2c1. The summed E-state index contributed by atoms with van der Waals surface area (Å²) in [5, 5.41) is 4.24. The monoisotopic (exact) mass is 261 g/mol. The quantitative estimate of drug-likeness (QED) is 0.581. The van der Waals surface area contributed by atoms with Crippen LogP contribution in [0.3, 0.4) is 0 Å². The van der Waals surface area contributed by atoms with Gasteiger partial charge in [-0.2, -0.15) is 0 Å². The van der Waals surface area contributed by atoms with Crippen LogP contribution in [0.15, 0.2) is 55.0 Å². The summed E-state index contributed by atoms with van der Waals surface area (Å²) in [7, 11) is 0. The van der Waals surface area contributed by atoms with Gasteiger partial charge in [-0.15, -0.1) is 0 Å². The Kier molecular flexibility index (Phi) is 2.35. The highest BCUT2D eigenvalue weighted by Gasteiger charge is 2.02. The molecule has 2 N–H and O–H groups in total. The Bertz CT molecular complexity index is 897. The minimum Gasteiger partial charge on any atom is -0.345 e. The van der Waals surface area contributed by atoms with Crippen LogP contribution in [0.5, 0.6) is 0 Å². The van der Waals surface area contributed by atoms with E-state index in [-0.39, 0.29) is 0 Å². The molecule has 0 spiro atoms. The number of hydrogen-bond donors (Lipinski definition) is 2. The van der Waals surface area contributed by atoms with E-state index in [1.807, 2.05) is 48.7 Å². The summed E-state index contributed by atoms with van der Waals surface area (Å²) < 4.78 is 0. The second kappa shape index (κ2) is 4.31.